The molecule has 0 spiro atoms. The summed E-state index contributed by atoms with van der Waals surface area (Å²) in [5.41, 5.74) is -0.749. The zero-order valence-corrected chi connectivity index (χ0v) is 13.4. The fraction of sp³-hybridized carbons (Fsp3) is 0.143. The first-order valence-electron chi connectivity index (χ1n) is 6.36. The number of nitro groups is 1. The summed E-state index contributed by atoms with van der Waals surface area (Å²) in [5, 5.41) is 11.6. The van der Waals surface area contributed by atoms with Crippen LogP contribution >= 0.6 is 23.2 Å². The van der Waals surface area contributed by atoms with Crippen LogP contribution in [0, 0.1) is 10.1 Å². The van der Waals surface area contributed by atoms with Gasteiger partial charge in [0, 0.05) is 29.7 Å². The van der Waals surface area contributed by atoms with E-state index in [1.54, 1.807) is 12.1 Å². The van der Waals surface area contributed by atoms with Crippen molar-refractivity contribution in [2.45, 2.75) is 6.54 Å². The molecule has 0 aliphatic heterocycles. The van der Waals surface area contributed by atoms with Crippen LogP contribution < -0.4 is 5.56 Å². The summed E-state index contributed by atoms with van der Waals surface area (Å²) >= 11 is 11.8. The van der Waals surface area contributed by atoms with Gasteiger partial charge in [-0.3, -0.25) is 19.7 Å². The van der Waals surface area contributed by atoms with Gasteiger partial charge in [0.15, 0.2) is 0 Å². The molecule has 1 N–H and O–H groups in total. The number of hydrogen-bond acceptors (Lipinski definition) is 4. The highest BCUT2D eigenvalue weighted by Crippen LogP contribution is 2.22. The van der Waals surface area contributed by atoms with Crippen LogP contribution in [0.15, 0.2) is 35.3 Å². The van der Waals surface area contributed by atoms with Crippen molar-refractivity contribution in [3.63, 3.8) is 0 Å². The number of benzene rings is 1. The molecule has 2 rings (SSSR count). The number of nitrogens with zero attached hydrogens (tertiary/aromatic N) is 2. The standard InChI is InChI=1S/C14H11Cl2N3O4/c1-18(7-8-2-3-9(15)4-12(8)16)14(21)11-5-10(19(22)23)6-17-13(11)20/h2-6H,7H2,1H3,(H,17,20). The molecule has 1 aromatic heterocycles. The van der Waals surface area contributed by atoms with Gasteiger partial charge in [-0.05, 0) is 17.7 Å². The van der Waals surface area contributed by atoms with Crippen molar-refractivity contribution in [1.29, 1.82) is 0 Å². The van der Waals surface area contributed by atoms with Crippen molar-refractivity contribution in [3.8, 4) is 0 Å². The number of carbonyl (C=O) groups excluding carboxylic acids is 1. The number of hydrogen-bond donors (Lipinski definition) is 1. The van der Waals surface area contributed by atoms with Crippen LogP contribution in [-0.2, 0) is 6.54 Å². The Balaban J connectivity index is 2.28. The highest BCUT2D eigenvalue weighted by Gasteiger charge is 2.20. The van der Waals surface area contributed by atoms with E-state index >= 15 is 0 Å². The first kappa shape index (κ1) is 17.0. The molecule has 1 aromatic carbocycles. The molecule has 2 aromatic rings. The summed E-state index contributed by atoms with van der Waals surface area (Å²) in [5.74, 6) is -0.652. The fourth-order valence-electron chi connectivity index (χ4n) is 1.92. The molecule has 0 aliphatic rings. The minimum Gasteiger partial charge on any atom is -0.337 e. The quantitative estimate of drug-likeness (QED) is 0.673. The van der Waals surface area contributed by atoms with E-state index in [2.05, 4.69) is 4.98 Å². The van der Waals surface area contributed by atoms with Crippen molar-refractivity contribution in [1.82, 2.24) is 9.88 Å². The molecule has 1 amide bonds. The largest absolute Gasteiger partial charge is 0.337 e. The average molecular weight is 356 g/mol. The zero-order valence-electron chi connectivity index (χ0n) is 11.9. The first-order chi connectivity index (χ1) is 10.8. The van der Waals surface area contributed by atoms with Crippen molar-refractivity contribution in [2.75, 3.05) is 7.05 Å². The van der Waals surface area contributed by atoms with E-state index < -0.39 is 16.4 Å². The van der Waals surface area contributed by atoms with E-state index in [0.29, 0.717) is 15.6 Å². The second-order valence-corrected chi connectivity index (χ2v) is 5.60. The van der Waals surface area contributed by atoms with E-state index in [9.17, 15) is 19.7 Å². The molecule has 120 valence electrons. The summed E-state index contributed by atoms with van der Waals surface area (Å²) in [6.07, 6.45) is 0.940. The maximum absolute atomic E-state index is 12.3. The number of carbonyl (C=O) groups is 1. The van der Waals surface area contributed by atoms with Gasteiger partial charge < -0.3 is 9.88 Å². The lowest BCUT2D eigenvalue weighted by atomic mass is 10.2. The number of pyridine rings is 1. The molecular weight excluding hydrogens is 345 g/mol. The van der Waals surface area contributed by atoms with Gasteiger partial charge >= 0.3 is 0 Å². The molecule has 0 radical (unpaired) electrons. The van der Waals surface area contributed by atoms with Gasteiger partial charge in [0.1, 0.15) is 5.56 Å². The Hall–Kier alpha value is -2.38. The van der Waals surface area contributed by atoms with Crippen molar-refractivity contribution < 1.29 is 9.72 Å². The lowest BCUT2D eigenvalue weighted by molar-refractivity contribution is -0.385. The van der Waals surface area contributed by atoms with Gasteiger partial charge in [0.05, 0.1) is 11.1 Å². The van der Waals surface area contributed by atoms with Gasteiger partial charge in [0.25, 0.3) is 17.2 Å². The lowest BCUT2D eigenvalue weighted by Crippen LogP contribution is -2.31. The monoisotopic (exact) mass is 355 g/mol. The Morgan fingerprint density at radius 1 is 1.35 bits per heavy atom. The molecule has 7 nitrogen and oxygen atoms in total. The maximum atomic E-state index is 12.3. The molecule has 1 heterocycles. The first-order valence-corrected chi connectivity index (χ1v) is 7.11. The second-order valence-electron chi connectivity index (χ2n) is 4.75. The smallest absolute Gasteiger partial charge is 0.286 e. The minimum absolute atomic E-state index is 0.122. The Kier molecular flexibility index (Phi) is 5.02. The Labute approximate surface area is 140 Å². The van der Waals surface area contributed by atoms with Crippen LogP contribution in [0.1, 0.15) is 15.9 Å². The van der Waals surface area contributed by atoms with E-state index in [0.717, 1.165) is 12.3 Å². The van der Waals surface area contributed by atoms with Gasteiger partial charge in [-0.15, -0.1) is 0 Å². The molecule has 0 saturated carbocycles. The average Bonchev–Trinajstić information content (AvgIpc) is 2.49. The molecule has 23 heavy (non-hydrogen) atoms. The minimum atomic E-state index is -0.699. The van der Waals surface area contributed by atoms with Crippen LogP contribution in [0.5, 0.6) is 0 Å². The third kappa shape index (κ3) is 3.88. The third-order valence-electron chi connectivity index (χ3n) is 3.10. The zero-order chi connectivity index (χ0) is 17.1. The van der Waals surface area contributed by atoms with E-state index in [4.69, 9.17) is 23.2 Å². The topological polar surface area (TPSA) is 96.3 Å². The van der Waals surface area contributed by atoms with E-state index in [1.807, 2.05) is 0 Å². The molecule has 0 unspecified atom stereocenters. The number of halogens is 2. The van der Waals surface area contributed by atoms with Gasteiger partial charge in [-0.1, -0.05) is 29.3 Å². The Bertz CT molecular complexity index is 835. The molecule has 0 saturated heterocycles. The lowest BCUT2D eigenvalue weighted by Gasteiger charge is -2.17. The molecule has 9 heteroatoms. The predicted molar refractivity (Wildman–Crippen MR) is 86.0 cm³/mol. The normalized spacial score (nSPS) is 10.4. The molecular formula is C14H11Cl2N3O4. The number of nitrogens with one attached hydrogen (secondary N) is 1. The maximum Gasteiger partial charge on any atom is 0.286 e. The number of aromatic amines is 1. The molecule has 0 fully saturated rings. The van der Waals surface area contributed by atoms with Crippen LogP contribution in [0.2, 0.25) is 10.0 Å². The highest BCUT2D eigenvalue weighted by atomic mass is 35.5. The van der Waals surface area contributed by atoms with Crippen molar-refractivity contribution >= 4 is 34.8 Å². The Morgan fingerprint density at radius 2 is 2.04 bits per heavy atom. The summed E-state index contributed by atoms with van der Waals surface area (Å²) in [6, 6.07) is 5.77. The second kappa shape index (κ2) is 6.80. The third-order valence-corrected chi connectivity index (χ3v) is 3.69. The van der Waals surface area contributed by atoms with E-state index in [1.165, 1.54) is 18.0 Å². The number of aromatic nitrogens is 1. The predicted octanol–water partition coefficient (Wildman–Crippen LogP) is 2.86. The van der Waals surface area contributed by atoms with Gasteiger partial charge in [-0.2, -0.15) is 0 Å². The molecule has 0 bridgehead atoms. The summed E-state index contributed by atoms with van der Waals surface area (Å²) < 4.78 is 0. The Morgan fingerprint density at radius 3 is 2.65 bits per heavy atom. The summed E-state index contributed by atoms with van der Waals surface area (Å²) in [7, 11) is 1.46. The fourth-order valence-corrected chi connectivity index (χ4v) is 2.39. The number of H-pyrrole nitrogens is 1. The van der Waals surface area contributed by atoms with E-state index in [-0.39, 0.29) is 17.8 Å². The van der Waals surface area contributed by atoms with Crippen LogP contribution in [0.4, 0.5) is 5.69 Å². The SMILES string of the molecule is CN(Cc1ccc(Cl)cc1Cl)C(=O)c1cc([N+](=O)[O-])c[nH]c1=O. The number of amides is 1. The van der Waals surface area contributed by atoms with Crippen LogP contribution in [-0.4, -0.2) is 27.8 Å². The molecule has 0 aliphatic carbocycles. The summed E-state index contributed by atoms with van der Waals surface area (Å²) in [4.78, 5) is 37.6. The highest BCUT2D eigenvalue weighted by molar-refractivity contribution is 6.35. The van der Waals surface area contributed by atoms with Crippen molar-refractivity contribution in [3.05, 3.63) is 72.1 Å². The van der Waals surface area contributed by atoms with Gasteiger partial charge in [0.2, 0.25) is 0 Å². The van der Waals surface area contributed by atoms with Crippen molar-refractivity contribution in [2.24, 2.45) is 0 Å². The van der Waals surface area contributed by atoms with Gasteiger partial charge in [-0.25, -0.2) is 0 Å². The number of rotatable bonds is 4. The van der Waals surface area contributed by atoms with Crippen LogP contribution in [0.3, 0.4) is 0 Å². The van der Waals surface area contributed by atoms with Crippen LogP contribution in [0.25, 0.3) is 0 Å². The summed E-state index contributed by atoms with van der Waals surface area (Å²) in [6.45, 7) is 0.122. The molecule has 0 atom stereocenters.